The molecule has 3 aromatic rings. The number of nitrogens with one attached hydrogen (secondary N) is 3. The van der Waals surface area contributed by atoms with Crippen LogP contribution in [0.3, 0.4) is 0 Å². The molecular formula is C25H31ClN8O2. The second-order valence-corrected chi connectivity index (χ2v) is 10.2. The van der Waals surface area contributed by atoms with E-state index in [2.05, 4.69) is 30.8 Å². The van der Waals surface area contributed by atoms with Crippen LogP contribution in [0, 0.1) is 0 Å². The average molecular weight is 511 g/mol. The number of imidazole rings is 1. The zero-order chi connectivity index (χ0) is 24.5. The Morgan fingerprint density at radius 2 is 1.75 bits per heavy atom. The number of anilines is 3. The van der Waals surface area contributed by atoms with E-state index in [0.29, 0.717) is 40.3 Å². The zero-order valence-electron chi connectivity index (χ0n) is 20.1. The largest absolute Gasteiger partial charge is 0.379 e. The first-order valence-corrected chi connectivity index (χ1v) is 13.2. The molecule has 1 aliphatic heterocycles. The predicted octanol–water partition coefficient (Wildman–Crippen LogP) is 3.66. The number of carbonyl (C=O) groups excluding carboxylic acids is 1. The number of amides is 1. The van der Waals surface area contributed by atoms with Gasteiger partial charge in [-0.15, -0.1) is 5.10 Å². The molecule has 0 atom stereocenters. The van der Waals surface area contributed by atoms with Crippen LogP contribution >= 0.6 is 11.6 Å². The summed E-state index contributed by atoms with van der Waals surface area (Å²) >= 11 is 5.97. The maximum atomic E-state index is 13.1. The van der Waals surface area contributed by atoms with Crippen LogP contribution in [0.25, 0.3) is 5.65 Å². The van der Waals surface area contributed by atoms with Crippen LogP contribution in [0.5, 0.6) is 0 Å². The van der Waals surface area contributed by atoms with E-state index in [0.717, 1.165) is 63.5 Å². The van der Waals surface area contributed by atoms with E-state index in [-0.39, 0.29) is 5.91 Å². The van der Waals surface area contributed by atoms with Gasteiger partial charge in [-0.25, -0.2) is 14.5 Å². The molecular weight excluding hydrogens is 480 g/mol. The van der Waals surface area contributed by atoms with Crippen LogP contribution in [0.4, 0.5) is 17.2 Å². The summed E-state index contributed by atoms with van der Waals surface area (Å²) in [6.45, 7) is 3.75. The van der Waals surface area contributed by atoms with Crippen LogP contribution in [0.2, 0.25) is 5.15 Å². The second-order valence-electron chi connectivity index (χ2n) is 9.86. The van der Waals surface area contributed by atoms with E-state index in [1.165, 1.54) is 12.8 Å². The van der Waals surface area contributed by atoms with Crippen molar-refractivity contribution in [2.45, 2.75) is 56.7 Å². The van der Waals surface area contributed by atoms with Crippen molar-refractivity contribution in [2.24, 2.45) is 0 Å². The maximum absolute atomic E-state index is 13.1. The van der Waals surface area contributed by atoms with Crippen molar-refractivity contribution in [3.63, 3.8) is 0 Å². The molecule has 3 aliphatic rings. The summed E-state index contributed by atoms with van der Waals surface area (Å²) in [6.07, 6.45) is 9.91. The van der Waals surface area contributed by atoms with Crippen LogP contribution in [0.15, 0.2) is 30.6 Å². The molecule has 2 saturated carbocycles. The number of hydrogen-bond donors (Lipinski definition) is 3. The highest BCUT2D eigenvalue weighted by Gasteiger charge is 2.28. The molecule has 0 bridgehead atoms. The number of rotatable bonds is 7. The fraction of sp³-hybridized carbons (Fsp3) is 0.520. The van der Waals surface area contributed by atoms with Crippen LogP contribution in [0.1, 0.15) is 49.0 Å². The number of aromatic nitrogens is 4. The first-order valence-electron chi connectivity index (χ1n) is 12.8. The maximum Gasteiger partial charge on any atom is 0.276 e. The third-order valence-corrected chi connectivity index (χ3v) is 7.44. The number of carbonyl (C=O) groups is 1. The van der Waals surface area contributed by atoms with E-state index >= 15 is 0 Å². The summed E-state index contributed by atoms with van der Waals surface area (Å²) in [7, 11) is 0. The molecule has 3 N–H and O–H groups in total. The van der Waals surface area contributed by atoms with Crippen molar-refractivity contribution >= 4 is 40.3 Å². The minimum Gasteiger partial charge on any atom is -0.379 e. The van der Waals surface area contributed by atoms with Gasteiger partial charge in [0.2, 0.25) is 0 Å². The highest BCUT2D eigenvalue weighted by Crippen LogP contribution is 2.30. The van der Waals surface area contributed by atoms with Crippen LogP contribution < -0.4 is 16.0 Å². The Morgan fingerprint density at radius 1 is 1.00 bits per heavy atom. The van der Waals surface area contributed by atoms with Crippen molar-refractivity contribution in [2.75, 3.05) is 42.3 Å². The van der Waals surface area contributed by atoms with Gasteiger partial charge in [0.05, 0.1) is 25.1 Å². The normalized spacial score (nSPS) is 22.9. The Kier molecular flexibility index (Phi) is 6.64. The Morgan fingerprint density at radius 3 is 2.50 bits per heavy atom. The number of halogens is 1. The SMILES string of the molecule is O=C(Nc1ccnc(Cl)c1)c1cnc2c(NC3CC3)cc(NC3CCC(N4CCOCC4)CC3)nn12. The molecule has 190 valence electrons. The minimum atomic E-state index is -0.308. The van der Waals surface area contributed by atoms with E-state index < -0.39 is 0 Å². The fourth-order valence-electron chi connectivity index (χ4n) is 5.16. The second kappa shape index (κ2) is 10.2. The first kappa shape index (κ1) is 23.4. The number of morpholine rings is 1. The first-order chi connectivity index (χ1) is 17.6. The van der Waals surface area contributed by atoms with Gasteiger partial charge in [-0.2, -0.15) is 0 Å². The van der Waals surface area contributed by atoms with E-state index in [4.69, 9.17) is 21.4 Å². The van der Waals surface area contributed by atoms with Gasteiger partial charge < -0.3 is 20.7 Å². The molecule has 36 heavy (non-hydrogen) atoms. The average Bonchev–Trinajstić information content (AvgIpc) is 3.60. The molecule has 3 aromatic heterocycles. The Balaban J connectivity index is 1.20. The highest BCUT2D eigenvalue weighted by molar-refractivity contribution is 6.29. The number of pyridine rings is 1. The number of hydrogen-bond acceptors (Lipinski definition) is 8. The van der Waals surface area contributed by atoms with Crippen LogP contribution in [-0.2, 0) is 4.74 Å². The summed E-state index contributed by atoms with van der Waals surface area (Å²) in [4.78, 5) is 24.2. The van der Waals surface area contributed by atoms with E-state index in [1.54, 1.807) is 29.0 Å². The van der Waals surface area contributed by atoms with Crippen molar-refractivity contribution < 1.29 is 9.53 Å². The number of fused-ring (bicyclic) bond motifs is 1. The number of ether oxygens (including phenoxy) is 1. The summed E-state index contributed by atoms with van der Waals surface area (Å²) in [5.74, 6) is 0.442. The van der Waals surface area contributed by atoms with Gasteiger partial charge in [0.25, 0.3) is 5.91 Å². The van der Waals surface area contributed by atoms with Gasteiger partial charge in [0.15, 0.2) is 11.3 Å². The molecule has 10 nitrogen and oxygen atoms in total. The third kappa shape index (κ3) is 5.25. The topological polar surface area (TPSA) is 109 Å². The monoisotopic (exact) mass is 510 g/mol. The molecule has 1 saturated heterocycles. The van der Waals surface area contributed by atoms with E-state index in [9.17, 15) is 4.79 Å². The van der Waals surface area contributed by atoms with Crippen molar-refractivity contribution in [1.29, 1.82) is 0 Å². The molecule has 2 aliphatic carbocycles. The highest BCUT2D eigenvalue weighted by atomic mass is 35.5. The Labute approximate surface area is 214 Å². The van der Waals surface area contributed by atoms with Gasteiger partial charge in [-0.1, -0.05) is 11.6 Å². The van der Waals surface area contributed by atoms with Gasteiger partial charge in [-0.05, 0) is 50.7 Å². The van der Waals surface area contributed by atoms with Gasteiger partial charge in [0.1, 0.15) is 11.0 Å². The smallest absolute Gasteiger partial charge is 0.276 e. The predicted molar refractivity (Wildman–Crippen MR) is 139 cm³/mol. The molecule has 0 spiro atoms. The fourth-order valence-corrected chi connectivity index (χ4v) is 5.33. The lowest BCUT2D eigenvalue weighted by Gasteiger charge is -2.39. The van der Waals surface area contributed by atoms with E-state index in [1.807, 2.05) is 6.07 Å². The van der Waals surface area contributed by atoms with Crippen molar-refractivity contribution in [1.82, 2.24) is 24.5 Å². The number of nitrogens with zero attached hydrogens (tertiary/aromatic N) is 5. The van der Waals surface area contributed by atoms with Crippen molar-refractivity contribution in [3.05, 3.63) is 41.4 Å². The summed E-state index contributed by atoms with van der Waals surface area (Å²) < 4.78 is 7.14. The van der Waals surface area contributed by atoms with Gasteiger partial charge >= 0.3 is 0 Å². The van der Waals surface area contributed by atoms with Crippen molar-refractivity contribution in [3.8, 4) is 0 Å². The zero-order valence-corrected chi connectivity index (χ0v) is 20.9. The molecule has 6 rings (SSSR count). The Bertz CT molecular complexity index is 1230. The minimum absolute atomic E-state index is 0.308. The summed E-state index contributed by atoms with van der Waals surface area (Å²) in [6, 6.07) is 6.76. The van der Waals surface area contributed by atoms with Crippen LogP contribution in [-0.4, -0.2) is 74.8 Å². The van der Waals surface area contributed by atoms with Gasteiger partial charge in [0, 0.05) is 49.2 Å². The third-order valence-electron chi connectivity index (χ3n) is 7.23. The molecule has 0 aromatic carbocycles. The molecule has 0 unspecified atom stereocenters. The van der Waals surface area contributed by atoms with Gasteiger partial charge in [-0.3, -0.25) is 9.69 Å². The molecule has 3 fully saturated rings. The molecule has 0 radical (unpaired) electrons. The molecule has 1 amide bonds. The Hall–Kier alpha value is -2.95. The lowest BCUT2D eigenvalue weighted by atomic mass is 9.90. The lowest BCUT2D eigenvalue weighted by Crippen LogP contribution is -2.46. The summed E-state index contributed by atoms with van der Waals surface area (Å²) in [5.41, 5.74) is 2.46. The molecule has 11 heteroatoms. The summed E-state index contributed by atoms with van der Waals surface area (Å²) in [5, 5.41) is 15.2. The standard InChI is InChI=1S/C25H31ClN8O2/c26-22-13-18(7-8-27-22)31-25(35)21-15-28-24-20(29-16-1-2-16)14-23(32-34(21)24)30-17-3-5-19(6-4-17)33-9-11-36-12-10-33/h7-8,13-17,19,29H,1-6,9-12H2,(H,30,32)(H,27,31,35). The molecule has 4 heterocycles. The lowest BCUT2D eigenvalue weighted by molar-refractivity contribution is 0.00790. The quantitative estimate of drug-likeness (QED) is 0.413.